The van der Waals surface area contributed by atoms with Gasteiger partial charge >= 0.3 is 0 Å². The van der Waals surface area contributed by atoms with E-state index in [1.54, 1.807) is 0 Å². The lowest BCUT2D eigenvalue weighted by molar-refractivity contribution is 0.876. The van der Waals surface area contributed by atoms with Gasteiger partial charge in [-0.25, -0.2) is 14.5 Å². The van der Waals surface area contributed by atoms with E-state index in [1.807, 2.05) is 108 Å². The monoisotopic (exact) mass is 707 g/mol. The lowest BCUT2D eigenvalue weighted by Gasteiger charge is -2.13. The van der Waals surface area contributed by atoms with Gasteiger partial charge in [0.15, 0.2) is 11.6 Å². The van der Waals surface area contributed by atoms with Crippen molar-refractivity contribution in [1.29, 1.82) is 0 Å². The number of fused-ring (bicyclic) bond motifs is 8. The fourth-order valence-corrected chi connectivity index (χ4v) is 7.77. The van der Waals surface area contributed by atoms with E-state index >= 15 is 0 Å². The molecule has 0 bridgehead atoms. The first kappa shape index (κ1) is 30.9. The molecule has 11 aromatic rings. The number of rotatable bonds is 5. The predicted octanol–water partition coefficient (Wildman–Crippen LogP) is 10.1. The van der Waals surface area contributed by atoms with Crippen molar-refractivity contribution in [2.45, 2.75) is 0 Å². The Morgan fingerprint density at radius 1 is 0.382 bits per heavy atom. The van der Waals surface area contributed by atoms with Crippen LogP contribution in [0.4, 0.5) is 0 Å². The fraction of sp³-hybridized carbons (Fsp3) is 0. The summed E-state index contributed by atoms with van der Waals surface area (Å²) < 4.78 is 5.88. The molecule has 0 spiro atoms. The minimum absolute atomic E-state index is 0.198. The van der Waals surface area contributed by atoms with Crippen LogP contribution in [-0.4, -0.2) is 33.5 Å². The first-order chi connectivity index (χ1) is 27.2. The number of hydrogen-bond acceptors (Lipinski definition) is 5. The molecule has 0 aliphatic rings. The maximum atomic E-state index is 14.8. The Morgan fingerprint density at radius 2 is 0.964 bits per heavy atom. The van der Waals surface area contributed by atoms with Gasteiger partial charge in [-0.05, 0) is 65.7 Å². The van der Waals surface area contributed by atoms with E-state index in [0.717, 1.165) is 60.9 Å². The molecule has 0 fully saturated rings. The smallest absolute Gasteiger partial charge is 0.269 e. The van der Waals surface area contributed by atoms with Crippen LogP contribution in [0.1, 0.15) is 0 Å². The van der Waals surface area contributed by atoms with Gasteiger partial charge in [0.05, 0.1) is 33.0 Å². The molecule has 4 heterocycles. The van der Waals surface area contributed by atoms with E-state index < -0.39 is 0 Å². The van der Waals surface area contributed by atoms with E-state index in [1.165, 1.54) is 9.95 Å². The third kappa shape index (κ3) is 4.89. The molecule has 55 heavy (non-hydrogen) atoms. The molecule has 8 heteroatoms. The summed E-state index contributed by atoms with van der Waals surface area (Å²) in [7, 11) is 0. The zero-order valence-electron chi connectivity index (χ0n) is 29.3. The van der Waals surface area contributed by atoms with Crippen molar-refractivity contribution in [3.63, 3.8) is 0 Å². The first-order valence-corrected chi connectivity index (χ1v) is 18.1. The van der Waals surface area contributed by atoms with Gasteiger partial charge in [0.25, 0.3) is 5.56 Å². The first-order valence-electron chi connectivity index (χ1n) is 18.1. The average Bonchev–Trinajstić information content (AvgIpc) is 3.80. The highest BCUT2D eigenvalue weighted by Crippen LogP contribution is 2.36. The van der Waals surface area contributed by atoms with Crippen LogP contribution < -0.4 is 5.56 Å². The lowest BCUT2D eigenvalue weighted by Crippen LogP contribution is -2.24. The van der Waals surface area contributed by atoms with Crippen molar-refractivity contribution in [2.24, 2.45) is 0 Å². The van der Waals surface area contributed by atoms with Gasteiger partial charge in [-0.1, -0.05) is 121 Å². The van der Waals surface area contributed by atoms with Crippen LogP contribution >= 0.6 is 0 Å². The number of imidazole rings is 1. The Bertz CT molecular complexity index is 3270. The summed E-state index contributed by atoms with van der Waals surface area (Å²) in [5.74, 6) is 1.54. The normalized spacial score (nSPS) is 11.7. The molecule has 0 aliphatic carbocycles. The number of para-hydroxylation sites is 4. The Kier molecular flexibility index (Phi) is 6.84. The predicted molar refractivity (Wildman–Crippen MR) is 220 cm³/mol. The van der Waals surface area contributed by atoms with E-state index in [-0.39, 0.29) is 11.5 Å². The largest absolute Gasteiger partial charge is 0.309 e. The summed E-state index contributed by atoms with van der Waals surface area (Å²) in [5.41, 5.74) is 9.16. The second-order valence-electron chi connectivity index (χ2n) is 13.5. The number of nitrogens with zero attached hydrogens (tertiary/aromatic N) is 7. The minimum atomic E-state index is -0.269. The van der Waals surface area contributed by atoms with Crippen molar-refractivity contribution in [1.82, 2.24) is 33.5 Å². The Balaban J connectivity index is 1.16. The minimum Gasteiger partial charge on any atom is -0.309 e. The third-order valence-electron chi connectivity index (χ3n) is 10.3. The molecule has 7 aromatic carbocycles. The molecule has 11 rings (SSSR count). The molecule has 0 saturated carbocycles. The molecule has 0 aliphatic heterocycles. The Labute approximate surface area is 313 Å². The van der Waals surface area contributed by atoms with Gasteiger partial charge in [-0.2, -0.15) is 9.97 Å². The Hall–Kier alpha value is -7.71. The molecule has 0 atom stereocenters. The summed E-state index contributed by atoms with van der Waals surface area (Å²) >= 11 is 0. The number of benzene rings is 7. The molecular weight excluding hydrogens is 679 g/mol. The maximum absolute atomic E-state index is 14.8. The van der Waals surface area contributed by atoms with E-state index in [0.29, 0.717) is 22.8 Å². The fourth-order valence-electron chi connectivity index (χ4n) is 7.77. The molecular formula is C47H29N7O. The summed E-state index contributed by atoms with van der Waals surface area (Å²) in [5, 5.41) is 2.85. The molecule has 0 unspecified atom stereocenters. The van der Waals surface area contributed by atoms with Crippen molar-refractivity contribution >= 4 is 49.5 Å². The van der Waals surface area contributed by atoms with Gasteiger partial charge in [-0.3, -0.25) is 9.20 Å². The Morgan fingerprint density at radius 3 is 1.69 bits per heavy atom. The highest BCUT2D eigenvalue weighted by molar-refractivity contribution is 6.10. The van der Waals surface area contributed by atoms with Crippen molar-refractivity contribution < 1.29 is 0 Å². The topological polar surface area (TPSA) is 82.9 Å². The molecule has 0 amide bonds. The quantitative estimate of drug-likeness (QED) is 0.178. The SMILES string of the molecule is O=c1c2ccc(-c3ccc4c(c3)c3ccccc3n4-c3ccccc3)cc2n2c3ccccc3nc2n1-c1nc(-c2ccccc2)nc(-c2ccccc2)n1. The summed E-state index contributed by atoms with van der Waals surface area (Å²) in [6.07, 6.45) is 0. The van der Waals surface area contributed by atoms with E-state index in [2.05, 4.69) is 77.4 Å². The van der Waals surface area contributed by atoms with E-state index in [9.17, 15) is 4.79 Å². The van der Waals surface area contributed by atoms with Gasteiger partial charge in [0, 0.05) is 27.6 Å². The number of aromatic nitrogens is 7. The van der Waals surface area contributed by atoms with Crippen LogP contribution in [0.5, 0.6) is 0 Å². The van der Waals surface area contributed by atoms with Gasteiger partial charge in [-0.15, -0.1) is 0 Å². The highest BCUT2D eigenvalue weighted by Gasteiger charge is 2.22. The van der Waals surface area contributed by atoms with Crippen molar-refractivity contribution in [2.75, 3.05) is 0 Å². The molecule has 0 saturated heterocycles. The summed E-state index contributed by atoms with van der Waals surface area (Å²) in [6, 6.07) is 59.0. The third-order valence-corrected chi connectivity index (χ3v) is 10.3. The zero-order chi connectivity index (χ0) is 36.5. The van der Waals surface area contributed by atoms with Crippen LogP contribution in [-0.2, 0) is 0 Å². The van der Waals surface area contributed by atoms with Gasteiger partial charge in [0.2, 0.25) is 11.7 Å². The maximum Gasteiger partial charge on any atom is 0.269 e. The van der Waals surface area contributed by atoms with Crippen molar-refractivity contribution in [3.05, 3.63) is 186 Å². The van der Waals surface area contributed by atoms with Crippen LogP contribution in [0.3, 0.4) is 0 Å². The van der Waals surface area contributed by atoms with Gasteiger partial charge < -0.3 is 4.57 Å². The summed E-state index contributed by atoms with van der Waals surface area (Å²) in [4.78, 5) is 34.6. The molecule has 4 aromatic heterocycles. The van der Waals surface area contributed by atoms with Crippen LogP contribution in [0, 0.1) is 0 Å². The van der Waals surface area contributed by atoms with E-state index in [4.69, 9.17) is 19.9 Å². The standard InChI is InChI=1S/C47H29N7O/c55-45-36-26-24-33(32-25-27-40-37(28-32)35-20-10-12-22-39(35)52(40)34-18-8-3-9-19-34)29-42(36)53-41-23-13-11-21-38(41)48-47(53)54(45)46-50-43(30-14-4-1-5-15-30)49-44(51-46)31-16-6-2-7-17-31/h1-29H. The van der Waals surface area contributed by atoms with Crippen LogP contribution in [0.25, 0.3) is 95.1 Å². The second kappa shape index (κ2) is 12.2. The van der Waals surface area contributed by atoms with Crippen LogP contribution in [0.2, 0.25) is 0 Å². The molecule has 0 N–H and O–H groups in total. The zero-order valence-corrected chi connectivity index (χ0v) is 29.3. The second-order valence-corrected chi connectivity index (χ2v) is 13.5. The van der Waals surface area contributed by atoms with Gasteiger partial charge in [0.1, 0.15) is 0 Å². The summed E-state index contributed by atoms with van der Waals surface area (Å²) in [6.45, 7) is 0. The lowest BCUT2D eigenvalue weighted by atomic mass is 10.0. The molecule has 8 nitrogen and oxygen atoms in total. The number of hydrogen-bond donors (Lipinski definition) is 0. The molecule has 258 valence electrons. The molecule has 0 radical (unpaired) electrons. The van der Waals surface area contributed by atoms with Crippen molar-refractivity contribution in [3.8, 4) is 45.5 Å². The highest BCUT2D eigenvalue weighted by atomic mass is 16.1. The van der Waals surface area contributed by atoms with Crippen LogP contribution in [0.15, 0.2) is 181 Å². The average molecular weight is 708 g/mol.